The summed E-state index contributed by atoms with van der Waals surface area (Å²) in [5.74, 6) is 0.832. The van der Waals surface area contributed by atoms with Crippen LogP contribution in [0.5, 0.6) is 0 Å². The number of rotatable bonds is 6. The summed E-state index contributed by atoms with van der Waals surface area (Å²) < 4.78 is 11.4. The first kappa shape index (κ1) is 10.4. The zero-order valence-electron chi connectivity index (χ0n) is 8.95. The largest absolute Gasteiger partial charge is 0.375 e. The van der Waals surface area contributed by atoms with E-state index in [4.69, 9.17) is 15.2 Å². The van der Waals surface area contributed by atoms with Crippen LogP contribution in [0.4, 0.5) is 0 Å². The molecule has 0 aromatic carbocycles. The predicted octanol–water partition coefficient (Wildman–Crippen LogP) is 1.31. The maximum absolute atomic E-state index is 5.87. The van der Waals surface area contributed by atoms with Gasteiger partial charge in [0.1, 0.15) is 0 Å². The van der Waals surface area contributed by atoms with Crippen molar-refractivity contribution in [1.82, 2.24) is 0 Å². The maximum Gasteiger partial charge on any atom is 0.0988 e. The lowest BCUT2D eigenvalue weighted by atomic mass is 9.86. The van der Waals surface area contributed by atoms with Crippen LogP contribution in [0, 0.1) is 5.92 Å². The van der Waals surface area contributed by atoms with Crippen molar-refractivity contribution in [1.29, 1.82) is 0 Å². The van der Waals surface area contributed by atoms with Gasteiger partial charge in [0.25, 0.3) is 0 Å². The van der Waals surface area contributed by atoms with Crippen LogP contribution in [-0.4, -0.2) is 31.5 Å². The molecule has 3 nitrogen and oxygen atoms in total. The predicted molar refractivity (Wildman–Crippen MR) is 55.1 cm³/mol. The van der Waals surface area contributed by atoms with Gasteiger partial charge in [0.05, 0.1) is 12.2 Å². The summed E-state index contributed by atoms with van der Waals surface area (Å²) in [6.45, 7) is 3.84. The molecule has 0 bridgehead atoms. The normalized spacial score (nSPS) is 36.9. The van der Waals surface area contributed by atoms with Gasteiger partial charge < -0.3 is 15.2 Å². The van der Waals surface area contributed by atoms with E-state index in [1.54, 1.807) is 0 Å². The Morgan fingerprint density at radius 1 is 1.29 bits per heavy atom. The Balaban J connectivity index is 1.64. The van der Waals surface area contributed by atoms with E-state index in [0.29, 0.717) is 0 Å². The van der Waals surface area contributed by atoms with Crippen LogP contribution in [-0.2, 0) is 9.47 Å². The molecule has 0 heterocycles. The number of hydrogen-bond donors (Lipinski definition) is 1. The van der Waals surface area contributed by atoms with Crippen molar-refractivity contribution >= 4 is 0 Å². The summed E-state index contributed by atoms with van der Waals surface area (Å²) in [5.41, 5.74) is 5.87. The van der Waals surface area contributed by atoms with E-state index < -0.39 is 0 Å². The smallest absolute Gasteiger partial charge is 0.0988 e. The Bertz CT molecular complexity index is 182. The molecule has 3 atom stereocenters. The maximum atomic E-state index is 5.87. The van der Waals surface area contributed by atoms with E-state index in [9.17, 15) is 0 Å². The average Bonchev–Trinajstić information content (AvgIpc) is 2.96. The highest BCUT2D eigenvalue weighted by atomic mass is 16.5. The van der Waals surface area contributed by atoms with Gasteiger partial charge >= 0.3 is 0 Å². The van der Waals surface area contributed by atoms with Gasteiger partial charge in [-0.1, -0.05) is 6.92 Å². The fourth-order valence-corrected chi connectivity index (χ4v) is 1.81. The van der Waals surface area contributed by atoms with Crippen LogP contribution in [0.15, 0.2) is 0 Å². The molecule has 2 aliphatic rings. The van der Waals surface area contributed by atoms with Crippen LogP contribution in [0.2, 0.25) is 0 Å². The Hall–Kier alpha value is -0.120. The Kier molecular flexibility index (Phi) is 3.42. The standard InChI is InChI=1S/C11H21NO2/c1-2-5-13-11-9(12)6-10(11)14-7-8-3-4-8/h8-11H,2-7,12H2,1H3. The third kappa shape index (κ3) is 2.47. The highest BCUT2D eigenvalue weighted by Crippen LogP contribution is 2.32. The van der Waals surface area contributed by atoms with Crippen molar-refractivity contribution in [2.45, 2.75) is 50.9 Å². The molecule has 2 aliphatic carbocycles. The molecule has 0 radical (unpaired) electrons. The van der Waals surface area contributed by atoms with Gasteiger partial charge in [0.15, 0.2) is 0 Å². The molecule has 3 heteroatoms. The zero-order valence-corrected chi connectivity index (χ0v) is 8.95. The summed E-state index contributed by atoms with van der Waals surface area (Å²) in [6, 6.07) is 0.200. The molecule has 2 N–H and O–H groups in total. The molecule has 0 aliphatic heterocycles. The summed E-state index contributed by atoms with van der Waals surface area (Å²) in [6.07, 6.45) is 5.16. The second kappa shape index (κ2) is 4.60. The van der Waals surface area contributed by atoms with E-state index in [-0.39, 0.29) is 18.2 Å². The fourth-order valence-electron chi connectivity index (χ4n) is 1.81. The molecule has 2 fully saturated rings. The monoisotopic (exact) mass is 199 g/mol. The zero-order chi connectivity index (χ0) is 9.97. The second-order valence-corrected chi connectivity index (χ2v) is 4.55. The summed E-state index contributed by atoms with van der Waals surface area (Å²) in [4.78, 5) is 0. The third-order valence-corrected chi connectivity index (χ3v) is 3.05. The molecule has 2 rings (SSSR count). The van der Waals surface area contributed by atoms with Crippen LogP contribution >= 0.6 is 0 Å². The minimum absolute atomic E-state index is 0.161. The summed E-state index contributed by atoms with van der Waals surface area (Å²) in [7, 11) is 0. The first-order valence-corrected chi connectivity index (χ1v) is 5.80. The van der Waals surface area contributed by atoms with Gasteiger partial charge in [-0.15, -0.1) is 0 Å². The number of hydrogen-bond acceptors (Lipinski definition) is 3. The van der Waals surface area contributed by atoms with Crippen molar-refractivity contribution < 1.29 is 9.47 Å². The SMILES string of the molecule is CCCOC1C(N)CC1OCC1CC1. The molecule has 0 spiro atoms. The molecular formula is C11H21NO2. The fraction of sp³-hybridized carbons (Fsp3) is 1.00. The molecule has 0 aromatic rings. The second-order valence-electron chi connectivity index (χ2n) is 4.55. The third-order valence-electron chi connectivity index (χ3n) is 3.05. The quantitative estimate of drug-likeness (QED) is 0.701. The molecule has 3 unspecified atom stereocenters. The molecular weight excluding hydrogens is 178 g/mol. The van der Waals surface area contributed by atoms with Crippen LogP contribution in [0.3, 0.4) is 0 Å². The number of nitrogens with two attached hydrogens (primary N) is 1. The molecule has 82 valence electrons. The van der Waals surface area contributed by atoms with Crippen LogP contribution < -0.4 is 5.73 Å². The van der Waals surface area contributed by atoms with Crippen molar-refractivity contribution in [3.8, 4) is 0 Å². The molecule has 0 saturated heterocycles. The lowest BCUT2D eigenvalue weighted by molar-refractivity contribution is -0.141. The van der Waals surface area contributed by atoms with Crippen LogP contribution in [0.1, 0.15) is 32.6 Å². The van der Waals surface area contributed by atoms with Gasteiger partial charge in [-0.05, 0) is 31.6 Å². The van der Waals surface area contributed by atoms with Crippen molar-refractivity contribution in [3.63, 3.8) is 0 Å². The number of ether oxygens (including phenoxy) is 2. The Morgan fingerprint density at radius 3 is 2.64 bits per heavy atom. The van der Waals surface area contributed by atoms with E-state index >= 15 is 0 Å². The lowest BCUT2D eigenvalue weighted by Gasteiger charge is -2.41. The van der Waals surface area contributed by atoms with Crippen molar-refractivity contribution in [2.24, 2.45) is 11.7 Å². The first-order chi connectivity index (χ1) is 6.81. The van der Waals surface area contributed by atoms with Gasteiger partial charge in [0, 0.05) is 19.3 Å². The minimum Gasteiger partial charge on any atom is -0.375 e. The highest BCUT2D eigenvalue weighted by molar-refractivity contribution is 4.95. The van der Waals surface area contributed by atoms with E-state index in [1.807, 2.05) is 0 Å². The minimum atomic E-state index is 0.161. The van der Waals surface area contributed by atoms with Gasteiger partial charge in [-0.2, -0.15) is 0 Å². The van der Waals surface area contributed by atoms with E-state index in [1.165, 1.54) is 12.8 Å². The van der Waals surface area contributed by atoms with Crippen molar-refractivity contribution in [2.75, 3.05) is 13.2 Å². The average molecular weight is 199 g/mol. The van der Waals surface area contributed by atoms with Gasteiger partial charge in [0.2, 0.25) is 0 Å². The Labute approximate surface area is 85.9 Å². The van der Waals surface area contributed by atoms with Crippen molar-refractivity contribution in [3.05, 3.63) is 0 Å². The topological polar surface area (TPSA) is 44.5 Å². The van der Waals surface area contributed by atoms with E-state index in [0.717, 1.165) is 32.0 Å². The van der Waals surface area contributed by atoms with Crippen LogP contribution in [0.25, 0.3) is 0 Å². The molecule has 0 aromatic heterocycles. The summed E-state index contributed by atoms with van der Waals surface area (Å²) in [5, 5.41) is 0. The van der Waals surface area contributed by atoms with Gasteiger partial charge in [-0.3, -0.25) is 0 Å². The van der Waals surface area contributed by atoms with Gasteiger partial charge in [-0.25, -0.2) is 0 Å². The lowest BCUT2D eigenvalue weighted by Crippen LogP contribution is -2.58. The molecule has 14 heavy (non-hydrogen) atoms. The molecule has 0 amide bonds. The first-order valence-electron chi connectivity index (χ1n) is 5.80. The highest BCUT2D eigenvalue weighted by Gasteiger charge is 2.41. The van der Waals surface area contributed by atoms with E-state index in [2.05, 4.69) is 6.92 Å². The summed E-state index contributed by atoms with van der Waals surface area (Å²) >= 11 is 0. The Morgan fingerprint density at radius 2 is 2.07 bits per heavy atom. The molecule has 2 saturated carbocycles.